The lowest BCUT2D eigenvalue weighted by Gasteiger charge is -2.44. The number of aliphatic hydroxyl groups is 1. The van der Waals surface area contributed by atoms with E-state index >= 15 is 0 Å². The summed E-state index contributed by atoms with van der Waals surface area (Å²) in [7, 11) is -3.68. The summed E-state index contributed by atoms with van der Waals surface area (Å²) in [4.78, 5) is 11.8. The molecule has 8 heteroatoms. The fourth-order valence-electron chi connectivity index (χ4n) is 2.52. The third-order valence-electron chi connectivity index (χ3n) is 3.42. The molecule has 0 radical (unpaired) electrons. The molecule has 0 spiro atoms. The van der Waals surface area contributed by atoms with Crippen LogP contribution < -0.4 is 0 Å². The normalized spacial score (nSPS) is 28.1. The molecule has 1 atom stereocenters. The Bertz CT molecular complexity index is 454. The Morgan fingerprint density at radius 2 is 2.11 bits per heavy atom. The van der Waals surface area contributed by atoms with Gasteiger partial charge in [0.25, 0.3) is 10.2 Å². The van der Waals surface area contributed by atoms with Crippen LogP contribution in [0.5, 0.6) is 0 Å². The van der Waals surface area contributed by atoms with Crippen molar-refractivity contribution in [3.05, 3.63) is 0 Å². The molecule has 2 heterocycles. The SMILES string of the molecule is CCOC(=O)C1CCCN1S(=O)(=O)N1CC(C)(O)C1. The summed E-state index contributed by atoms with van der Waals surface area (Å²) < 4.78 is 32.0. The minimum absolute atomic E-state index is 0.0708. The Labute approximate surface area is 113 Å². The Morgan fingerprint density at radius 3 is 2.63 bits per heavy atom. The van der Waals surface area contributed by atoms with E-state index in [-0.39, 0.29) is 19.7 Å². The van der Waals surface area contributed by atoms with Crippen molar-refractivity contribution in [2.75, 3.05) is 26.2 Å². The van der Waals surface area contributed by atoms with Crippen LogP contribution in [0.3, 0.4) is 0 Å². The standard InChI is InChI=1S/C11H20N2O5S/c1-3-18-10(14)9-5-4-6-13(9)19(16,17)12-7-11(2,15)8-12/h9,15H,3-8H2,1-2H3. The van der Waals surface area contributed by atoms with Gasteiger partial charge >= 0.3 is 5.97 Å². The number of rotatable bonds is 4. The summed E-state index contributed by atoms with van der Waals surface area (Å²) in [5, 5.41) is 9.63. The number of carbonyl (C=O) groups is 1. The number of esters is 1. The van der Waals surface area contributed by atoms with Crippen molar-refractivity contribution < 1.29 is 23.1 Å². The Balaban J connectivity index is 2.09. The first-order chi connectivity index (χ1) is 8.78. The van der Waals surface area contributed by atoms with Crippen molar-refractivity contribution in [3.63, 3.8) is 0 Å². The highest BCUT2D eigenvalue weighted by atomic mass is 32.2. The largest absolute Gasteiger partial charge is 0.465 e. The van der Waals surface area contributed by atoms with Crippen LogP contribution in [0.4, 0.5) is 0 Å². The molecule has 1 unspecified atom stereocenters. The summed E-state index contributed by atoms with van der Waals surface area (Å²) in [5.41, 5.74) is -0.966. The maximum atomic E-state index is 12.4. The molecule has 0 aliphatic carbocycles. The van der Waals surface area contributed by atoms with E-state index in [0.717, 1.165) is 0 Å². The van der Waals surface area contributed by atoms with Gasteiger partial charge in [0.1, 0.15) is 6.04 Å². The second kappa shape index (κ2) is 5.01. The summed E-state index contributed by atoms with van der Waals surface area (Å²) in [6.45, 7) is 3.99. The van der Waals surface area contributed by atoms with Crippen molar-refractivity contribution in [3.8, 4) is 0 Å². The monoisotopic (exact) mass is 292 g/mol. The fourth-order valence-corrected chi connectivity index (χ4v) is 4.57. The van der Waals surface area contributed by atoms with E-state index in [1.807, 2.05) is 0 Å². The number of carbonyl (C=O) groups excluding carboxylic acids is 1. The molecule has 7 nitrogen and oxygen atoms in total. The number of β-amino-alcohol motifs (C(OH)–C–C–N with tert-alkyl or cyclic N) is 1. The second-order valence-corrected chi connectivity index (χ2v) is 7.17. The highest BCUT2D eigenvalue weighted by Gasteiger charge is 2.49. The molecule has 0 aromatic carbocycles. The third kappa shape index (κ3) is 2.76. The smallest absolute Gasteiger partial charge is 0.324 e. The lowest BCUT2D eigenvalue weighted by Crippen LogP contribution is -2.65. The van der Waals surface area contributed by atoms with Gasteiger partial charge in [-0.1, -0.05) is 0 Å². The molecule has 2 aliphatic heterocycles. The van der Waals surface area contributed by atoms with E-state index in [1.165, 1.54) is 8.61 Å². The summed E-state index contributed by atoms with van der Waals surface area (Å²) >= 11 is 0. The summed E-state index contributed by atoms with van der Waals surface area (Å²) in [5.74, 6) is -0.490. The lowest BCUT2D eigenvalue weighted by molar-refractivity contribution is -0.147. The first-order valence-corrected chi connectivity index (χ1v) is 7.83. The van der Waals surface area contributed by atoms with Gasteiger partial charge in [-0.2, -0.15) is 17.0 Å². The highest BCUT2D eigenvalue weighted by molar-refractivity contribution is 7.86. The molecule has 2 fully saturated rings. The van der Waals surface area contributed by atoms with E-state index < -0.39 is 27.8 Å². The maximum Gasteiger partial charge on any atom is 0.324 e. The Hall–Kier alpha value is -0.700. The minimum Gasteiger partial charge on any atom is -0.465 e. The second-order valence-electron chi connectivity index (χ2n) is 5.29. The van der Waals surface area contributed by atoms with Gasteiger partial charge in [-0.3, -0.25) is 4.79 Å². The van der Waals surface area contributed by atoms with Gasteiger partial charge in [-0.05, 0) is 26.7 Å². The molecule has 0 aromatic rings. The Morgan fingerprint density at radius 1 is 1.47 bits per heavy atom. The number of ether oxygens (including phenoxy) is 1. The van der Waals surface area contributed by atoms with E-state index in [0.29, 0.717) is 19.4 Å². The first kappa shape index (κ1) is 14.7. The van der Waals surface area contributed by atoms with Gasteiger partial charge < -0.3 is 9.84 Å². The maximum absolute atomic E-state index is 12.4. The van der Waals surface area contributed by atoms with E-state index in [4.69, 9.17) is 4.74 Å². The van der Waals surface area contributed by atoms with Crippen LogP contribution >= 0.6 is 0 Å². The van der Waals surface area contributed by atoms with Crippen molar-refractivity contribution >= 4 is 16.2 Å². The van der Waals surface area contributed by atoms with Gasteiger partial charge in [-0.15, -0.1) is 0 Å². The van der Waals surface area contributed by atoms with E-state index in [2.05, 4.69) is 0 Å². The number of hydrogen-bond donors (Lipinski definition) is 1. The number of hydrogen-bond acceptors (Lipinski definition) is 5. The zero-order chi connectivity index (χ0) is 14.3. The number of nitrogens with zero attached hydrogens (tertiary/aromatic N) is 2. The predicted molar refractivity (Wildman–Crippen MR) is 67.5 cm³/mol. The van der Waals surface area contributed by atoms with Crippen LogP contribution in [0.15, 0.2) is 0 Å². The van der Waals surface area contributed by atoms with Gasteiger partial charge in [0, 0.05) is 19.6 Å². The van der Waals surface area contributed by atoms with Crippen LogP contribution in [-0.2, 0) is 19.7 Å². The van der Waals surface area contributed by atoms with Crippen LogP contribution in [0.25, 0.3) is 0 Å². The topological polar surface area (TPSA) is 87.2 Å². The van der Waals surface area contributed by atoms with Crippen LogP contribution in [0.1, 0.15) is 26.7 Å². The van der Waals surface area contributed by atoms with Crippen molar-refractivity contribution in [2.24, 2.45) is 0 Å². The van der Waals surface area contributed by atoms with E-state index in [9.17, 15) is 18.3 Å². The Kier molecular flexibility index (Phi) is 3.87. The molecular weight excluding hydrogens is 272 g/mol. The van der Waals surface area contributed by atoms with Gasteiger partial charge in [0.15, 0.2) is 0 Å². The van der Waals surface area contributed by atoms with Gasteiger partial charge in [0.05, 0.1) is 12.2 Å². The van der Waals surface area contributed by atoms with Gasteiger partial charge in [-0.25, -0.2) is 0 Å². The molecule has 2 aliphatic rings. The van der Waals surface area contributed by atoms with Crippen LogP contribution in [0, 0.1) is 0 Å². The minimum atomic E-state index is -3.68. The molecule has 110 valence electrons. The van der Waals surface area contributed by atoms with E-state index in [1.54, 1.807) is 13.8 Å². The summed E-state index contributed by atoms with van der Waals surface area (Å²) in [6, 6.07) is -0.726. The van der Waals surface area contributed by atoms with Gasteiger partial charge in [0.2, 0.25) is 0 Å². The third-order valence-corrected chi connectivity index (χ3v) is 5.36. The molecule has 0 amide bonds. The fraction of sp³-hybridized carbons (Fsp3) is 0.909. The molecule has 1 N–H and O–H groups in total. The highest BCUT2D eigenvalue weighted by Crippen LogP contribution is 2.30. The molecule has 2 saturated heterocycles. The molecule has 19 heavy (non-hydrogen) atoms. The molecular formula is C11H20N2O5S. The van der Waals surface area contributed by atoms with Crippen molar-refractivity contribution in [1.29, 1.82) is 0 Å². The first-order valence-electron chi connectivity index (χ1n) is 6.44. The zero-order valence-electron chi connectivity index (χ0n) is 11.2. The van der Waals surface area contributed by atoms with Crippen molar-refractivity contribution in [1.82, 2.24) is 8.61 Å². The molecule has 0 aromatic heterocycles. The predicted octanol–water partition coefficient (Wildman–Crippen LogP) is -0.675. The average molecular weight is 292 g/mol. The average Bonchev–Trinajstić information content (AvgIpc) is 2.75. The lowest BCUT2D eigenvalue weighted by atomic mass is 10.0. The zero-order valence-corrected chi connectivity index (χ0v) is 12.0. The summed E-state index contributed by atoms with van der Waals surface area (Å²) in [6.07, 6.45) is 1.13. The van der Waals surface area contributed by atoms with Crippen LogP contribution in [-0.4, -0.2) is 66.0 Å². The molecule has 0 saturated carbocycles. The van der Waals surface area contributed by atoms with Crippen LogP contribution in [0.2, 0.25) is 0 Å². The molecule has 2 rings (SSSR count). The molecule has 0 bridgehead atoms. The quantitative estimate of drug-likeness (QED) is 0.694. The van der Waals surface area contributed by atoms with Crippen molar-refractivity contribution in [2.45, 2.75) is 38.3 Å².